The summed E-state index contributed by atoms with van der Waals surface area (Å²) in [5.41, 5.74) is 0. The summed E-state index contributed by atoms with van der Waals surface area (Å²) in [6.45, 7) is 3.77. The van der Waals surface area contributed by atoms with Crippen molar-refractivity contribution in [3.63, 3.8) is 0 Å². The van der Waals surface area contributed by atoms with Gasteiger partial charge in [0.2, 0.25) is 0 Å². The van der Waals surface area contributed by atoms with Crippen LogP contribution in [0, 0.1) is 0 Å². The van der Waals surface area contributed by atoms with E-state index in [1.54, 1.807) is 0 Å². The van der Waals surface area contributed by atoms with Gasteiger partial charge in [0.05, 0.1) is 18.3 Å². The molecule has 10 heavy (non-hydrogen) atoms. The number of aliphatic hydroxyl groups is 1. The van der Waals surface area contributed by atoms with E-state index in [4.69, 9.17) is 14.6 Å². The molecule has 1 aliphatic heterocycles. The molecule has 3 nitrogen and oxygen atoms in total. The lowest BCUT2D eigenvalue weighted by Crippen LogP contribution is -2.21. The summed E-state index contributed by atoms with van der Waals surface area (Å²) in [6, 6.07) is 0. The first-order chi connectivity index (χ1) is 4.74. The van der Waals surface area contributed by atoms with Crippen LogP contribution in [-0.4, -0.2) is 30.2 Å². The normalized spacial score (nSPS) is 40.5. The first-order valence-corrected chi connectivity index (χ1v) is 3.62. The van der Waals surface area contributed by atoms with Crippen LogP contribution in [0.3, 0.4) is 0 Å². The topological polar surface area (TPSA) is 38.7 Å². The third-order valence-electron chi connectivity index (χ3n) is 1.82. The van der Waals surface area contributed by atoms with Crippen LogP contribution in [0.25, 0.3) is 0 Å². The van der Waals surface area contributed by atoms with E-state index in [-0.39, 0.29) is 25.1 Å². The molecule has 0 aliphatic carbocycles. The van der Waals surface area contributed by atoms with E-state index in [0.717, 1.165) is 6.42 Å². The van der Waals surface area contributed by atoms with E-state index < -0.39 is 0 Å². The van der Waals surface area contributed by atoms with Gasteiger partial charge in [-0.1, -0.05) is 0 Å². The van der Waals surface area contributed by atoms with Crippen molar-refractivity contribution in [1.82, 2.24) is 0 Å². The molecule has 1 rings (SSSR count). The van der Waals surface area contributed by atoms with Gasteiger partial charge in [0, 0.05) is 6.42 Å². The zero-order valence-corrected chi connectivity index (χ0v) is 6.41. The molecule has 3 heteroatoms. The van der Waals surface area contributed by atoms with Gasteiger partial charge in [-0.15, -0.1) is 0 Å². The Balaban J connectivity index is 2.31. The fourth-order valence-electron chi connectivity index (χ4n) is 1.33. The molecule has 1 heterocycles. The lowest BCUT2D eigenvalue weighted by molar-refractivity contribution is -0.0739. The first-order valence-electron chi connectivity index (χ1n) is 3.62. The molecule has 0 aromatic rings. The van der Waals surface area contributed by atoms with Gasteiger partial charge >= 0.3 is 0 Å². The van der Waals surface area contributed by atoms with Crippen LogP contribution in [0.15, 0.2) is 0 Å². The van der Waals surface area contributed by atoms with Crippen LogP contribution in [-0.2, 0) is 9.47 Å². The van der Waals surface area contributed by atoms with E-state index in [1.165, 1.54) is 0 Å². The molecule has 1 N–H and O–H groups in total. The van der Waals surface area contributed by atoms with Crippen LogP contribution in [0.4, 0.5) is 0 Å². The minimum absolute atomic E-state index is 0.0833. The molecule has 0 radical (unpaired) electrons. The summed E-state index contributed by atoms with van der Waals surface area (Å²) in [5.74, 6) is 0. The molecule has 0 aromatic heterocycles. The minimum Gasteiger partial charge on any atom is -0.373 e. The second-order valence-electron chi connectivity index (χ2n) is 2.72. The van der Waals surface area contributed by atoms with Crippen molar-refractivity contribution in [1.29, 1.82) is 0 Å². The Bertz CT molecular complexity index is 105. The number of ether oxygens (including phenoxy) is 2. The predicted octanol–water partition coefficient (Wildman–Crippen LogP) is 0.519. The van der Waals surface area contributed by atoms with Crippen LogP contribution in [0.1, 0.15) is 20.3 Å². The van der Waals surface area contributed by atoms with Crippen LogP contribution < -0.4 is 0 Å². The average Bonchev–Trinajstić information content (AvgIpc) is 2.13. The highest BCUT2D eigenvalue weighted by Crippen LogP contribution is 2.21. The Morgan fingerprint density at radius 2 is 2.30 bits per heavy atom. The fraction of sp³-hybridized carbons (Fsp3) is 1.00. The molecular weight excluding hydrogens is 132 g/mol. The van der Waals surface area contributed by atoms with E-state index in [2.05, 4.69) is 0 Å². The summed E-state index contributed by atoms with van der Waals surface area (Å²) >= 11 is 0. The number of hydrogen-bond donors (Lipinski definition) is 1. The molecule has 3 atom stereocenters. The maximum Gasteiger partial charge on any atom is 0.144 e. The smallest absolute Gasteiger partial charge is 0.144 e. The van der Waals surface area contributed by atoms with Gasteiger partial charge in [0.1, 0.15) is 6.79 Å². The molecule has 0 amide bonds. The van der Waals surface area contributed by atoms with Crippen molar-refractivity contribution >= 4 is 0 Å². The Labute approximate surface area is 60.9 Å². The van der Waals surface area contributed by atoms with Crippen molar-refractivity contribution in [2.45, 2.75) is 38.6 Å². The molecule has 1 fully saturated rings. The fourth-order valence-corrected chi connectivity index (χ4v) is 1.33. The highest BCUT2D eigenvalue weighted by molar-refractivity contribution is 4.77. The summed E-state index contributed by atoms with van der Waals surface area (Å²) in [6.07, 6.45) is 1.37. The van der Waals surface area contributed by atoms with Crippen LogP contribution in [0.2, 0.25) is 0 Å². The van der Waals surface area contributed by atoms with E-state index in [1.807, 2.05) is 13.8 Å². The minimum atomic E-state index is -0.203. The third kappa shape index (κ3) is 1.68. The van der Waals surface area contributed by atoms with Crippen molar-refractivity contribution in [2.75, 3.05) is 6.79 Å². The maximum absolute atomic E-state index is 8.45. The second kappa shape index (κ2) is 3.32. The maximum atomic E-state index is 8.45. The monoisotopic (exact) mass is 146 g/mol. The molecule has 0 spiro atoms. The van der Waals surface area contributed by atoms with Gasteiger partial charge < -0.3 is 14.6 Å². The third-order valence-corrected chi connectivity index (χ3v) is 1.82. The van der Waals surface area contributed by atoms with Crippen molar-refractivity contribution in [2.24, 2.45) is 0 Å². The molecular formula is C7H14O3. The summed E-state index contributed by atoms with van der Waals surface area (Å²) in [4.78, 5) is 0. The number of aliphatic hydroxyl groups excluding tert-OH is 1. The Morgan fingerprint density at radius 3 is 2.70 bits per heavy atom. The average molecular weight is 146 g/mol. The number of hydrogen-bond acceptors (Lipinski definition) is 3. The number of rotatable bonds is 2. The van der Waals surface area contributed by atoms with Crippen molar-refractivity contribution in [3.05, 3.63) is 0 Å². The standard InChI is InChI=1S/C7H14O3/c1-5-3-7(9-4-8)6(2)10-5/h5-8H,3-4H2,1-2H3/t5-,6+,7+/m0/s1. The highest BCUT2D eigenvalue weighted by Gasteiger charge is 2.29. The quantitative estimate of drug-likeness (QED) is 0.577. The summed E-state index contributed by atoms with van der Waals surface area (Å²) in [7, 11) is 0. The second-order valence-corrected chi connectivity index (χ2v) is 2.72. The van der Waals surface area contributed by atoms with Crippen LogP contribution >= 0.6 is 0 Å². The van der Waals surface area contributed by atoms with E-state index in [9.17, 15) is 0 Å². The lowest BCUT2D eigenvalue weighted by atomic mass is 10.2. The first kappa shape index (κ1) is 7.98. The Hall–Kier alpha value is -0.120. The van der Waals surface area contributed by atoms with Gasteiger partial charge in [-0.3, -0.25) is 0 Å². The van der Waals surface area contributed by atoms with E-state index >= 15 is 0 Å². The van der Waals surface area contributed by atoms with Crippen molar-refractivity contribution in [3.8, 4) is 0 Å². The summed E-state index contributed by atoms with van der Waals surface area (Å²) < 4.78 is 10.4. The molecule has 1 saturated heterocycles. The lowest BCUT2D eigenvalue weighted by Gasteiger charge is -2.11. The molecule has 1 aliphatic rings. The van der Waals surface area contributed by atoms with Gasteiger partial charge in [0.25, 0.3) is 0 Å². The molecule has 0 saturated carbocycles. The predicted molar refractivity (Wildman–Crippen MR) is 36.6 cm³/mol. The van der Waals surface area contributed by atoms with Gasteiger partial charge in [-0.25, -0.2) is 0 Å². The van der Waals surface area contributed by atoms with Crippen LogP contribution in [0.5, 0.6) is 0 Å². The molecule has 0 bridgehead atoms. The molecule has 0 unspecified atom stereocenters. The largest absolute Gasteiger partial charge is 0.373 e. The summed E-state index contributed by atoms with van der Waals surface area (Å²) in [5, 5.41) is 8.45. The molecule has 60 valence electrons. The zero-order valence-electron chi connectivity index (χ0n) is 6.41. The SMILES string of the molecule is C[C@H]1C[C@@H](OCO)[C@@H](C)O1. The molecule has 0 aromatic carbocycles. The van der Waals surface area contributed by atoms with Crippen molar-refractivity contribution < 1.29 is 14.6 Å². The zero-order chi connectivity index (χ0) is 7.56. The van der Waals surface area contributed by atoms with Gasteiger partial charge in [0.15, 0.2) is 0 Å². The van der Waals surface area contributed by atoms with Gasteiger partial charge in [-0.2, -0.15) is 0 Å². The highest BCUT2D eigenvalue weighted by atomic mass is 16.6. The Kier molecular flexibility index (Phi) is 2.65. The van der Waals surface area contributed by atoms with E-state index in [0.29, 0.717) is 0 Å². The Morgan fingerprint density at radius 1 is 1.60 bits per heavy atom. The van der Waals surface area contributed by atoms with Gasteiger partial charge in [-0.05, 0) is 13.8 Å².